The van der Waals surface area contributed by atoms with Crippen molar-refractivity contribution in [3.63, 3.8) is 0 Å². The van der Waals surface area contributed by atoms with Crippen molar-refractivity contribution in [2.75, 3.05) is 5.32 Å². The SMILES string of the molecule is Cc1cccnc1NC(=O)c1cnn(C(C)(C)C)c1. The molecule has 5 nitrogen and oxygen atoms in total. The summed E-state index contributed by atoms with van der Waals surface area (Å²) in [6.45, 7) is 8.00. The highest BCUT2D eigenvalue weighted by Gasteiger charge is 2.17. The zero-order chi connectivity index (χ0) is 14.0. The van der Waals surface area contributed by atoms with Crippen molar-refractivity contribution in [2.45, 2.75) is 33.2 Å². The lowest BCUT2D eigenvalue weighted by molar-refractivity contribution is 0.102. The molecule has 0 aliphatic carbocycles. The van der Waals surface area contributed by atoms with Gasteiger partial charge >= 0.3 is 0 Å². The normalized spacial score (nSPS) is 11.4. The van der Waals surface area contributed by atoms with E-state index >= 15 is 0 Å². The number of nitrogens with zero attached hydrogens (tertiary/aromatic N) is 3. The molecular formula is C14H18N4O. The van der Waals surface area contributed by atoms with E-state index in [-0.39, 0.29) is 11.4 Å². The summed E-state index contributed by atoms with van der Waals surface area (Å²) in [7, 11) is 0. The van der Waals surface area contributed by atoms with Gasteiger partial charge in [-0.25, -0.2) is 4.98 Å². The Hall–Kier alpha value is -2.17. The monoisotopic (exact) mass is 258 g/mol. The Bertz CT molecular complexity index is 595. The van der Waals surface area contributed by atoms with E-state index in [2.05, 4.69) is 15.4 Å². The summed E-state index contributed by atoms with van der Waals surface area (Å²) in [6, 6.07) is 3.74. The van der Waals surface area contributed by atoms with Gasteiger partial charge in [-0.2, -0.15) is 5.10 Å². The van der Waals surface area contributed by atoms with Crippen LogP contribution in [0.15, 0.2) is 30.7 Å². The van der Waals surface area contributed by atoms with Crippen LogP contribution in [0.2, 0.25) is 0 Å². The summed E-state index contributed by atoms with van der Waals surface area (Å²) in [6.07, 6.45) is 4.97. The molecule has 0 atom stereocenters. The van der Waals surface area contributed by atoms with E-state index in [1.165, 1.54) is 0 Å². The molecule has 0 saturated heterocycles. The van der Waals surface area contributed by atoms with Crippen LogP contribution in [0.3, 0.4) is 0 Å². The van der Waals surface area contributed by atoms with Crippen molar-refractivity contribution in [3.8, 4) is 0 Å². The van der Waals surface area contributed by atoms with Gasteiger partial charge in [-0.3, -0.25) is 9.48 Å². The number of aryl methyl sites for hydroxylation is 1. The summed E-state index contributed by atoms with van der Waals surface area (Å²) in [5.74, 6) is 0.383. The molecule has 0 spiro atoms. The van der Waals surface area contributed by atoms with Gasteiger partial charge in [0.05, 0.1) is 17.3 Å². The Labute approximate surface area is 112 Å². The summed E-state index contributed by atoms with van der Waals surface area (Å²) in [4.78, 5) is 16.2. The second kappa shape index (κ2) is 4.84. The van der Waals surface area contributed by atoms with Crippen molar-refractivity contribution in [1.82, 2.24) is 14.8 Å². The molecule has 0 saturated carbocycles. The first kappa shape index (κ1) is 13.3. The smallest absolute Gasteiger partial charge is 0.260 e. The third-order valence-corrected chi connectivity index (χ3v) is 2.77. The molecule has 0 aliphatic rings. The van der Waals surface area contributed by atoms with E-state index in [1.807, 2.05) is 39.8 Å². The zero-order valence-corrected chi connectivity index (χ0v) is 11.6. The standard InChI is InChI=1S/C14H18N4O/c1-10-6-5-7-15-12(10)17-13(19)11-8-16-18(9-11)14(2,3)4/h5-9H,1-4H3,(H,15,17,19). The summed E-state index contributed by atoms with van der Waals surface area (Å²) < 4.78 is 1.77. The lowest BCUT2D eigenvalue weighted by Gasteiger charge is -2.18. The Morgan fingerprint density at radius 3 is 2.68 bits per heavy atom. The van der Waals surface area contributed by atoms with Gasteiger partial charge in [-0.1, -0.05) is 6.07 Å². The van der Waals surface area contributed by atoms with Crippen LogP contribution in [0.25, 0.3) is 0 Å². The zero-order valence-electron chi connectivity index (χ0n) is 11.6. The molecule has 0 bridgehead atoms. The predicted octanol–water partition coefficient (Wildman–Crippen LogP) is 2.59. The van der Waals surface area contributed by atoms with Crippen LogP contribution in [0.4, 0.5) is 5.82 Å². The first-order valence-electron chi connectivity index (χ1n) is 6.16. The van der Waals surface area contributed by atoms with Gasteiger partial charge in [-0.15, -0.1) is 0 Å². The maximum atomic E-state index is 12.1. The van der Waals surface area contributed by atoms with Gasteiger partial charge in [0.2, 0.25) is 0 Å². The molecule has 0 aliphatic heterocycles. The quantitative estimate of drug-likeness (QED) is 0.900. The van der Waals surface area contributed by atoms with Crippen LogP contribution in [0, 0.1) is 6.92 Å². The third kappa shape index (κ3) is 2.99. The van der Waals surface area contributed by atoms with E-state index in [9.17, 15) is 4.79 Å². The van der Waals surface area contributed by atoms with Crippen LogP contribution in [0.1, 0.15) is 36.7 Å². The predicted molar refractivity (Wildman–Crippen MR) is 74.2 cm³/mol. The number of carbonyl (C=O) groups is 1. The number of nitrogens with one attached hydrogen (secondary N) is 1. The number of carbonyl (C=O) groups excluding carboxylic acids is 1. The van der Waals surface area contributed by atoms with Gasteiger partial charge in [0.15, 0.2) is 0 Å². The molecule has 1 amide bonds. The highest BCUT2D eigenvalue weighted by atomic mass is 16.1. The lowest BCUT2D eigenvalue weighted by atomic mass is 10.1. The third-order valence-electron chi connectivity index (χ3n) is 2.77. The minimum atomic E-state index is -0.197. The second-order valence-electron chi connectivity index (χ2n) is 5.47. The number of hydrogen-bond acceptors (Lipinski definition) is 3. The fraction of sp³-hybridized carbons (Fsp3) is 0.357. The fourth-order valence-corrected chi connectivity index (χ4v) is 1.60. The van der Waals surface area contributed by atoms with Crippen molar-refractivity contribution < 1.29 is 4.79 Å². The maximum Gasteiger partial charge on any atom is 0.260 e. The average molecular weight is 258 g/mol. The van der Waals surface area contributed by atoms with Crippen LogP contribution < -0.4 is 5.32 Å². The van der Waals surface area contributed by atoms with Crippen LogP contribution in [0.5, 0.6) is 0 Å². The molecule has 5 heteroatoms. The molecule has 1 N–H and O–H groups in total. The highest BCUT2D eigenvalue weighted by molar-refractivity contribution is 6.03. The number of amides is 1. The van der Waals surface area contributed by atoms with Crippen molar-refractivity contribution in [2.24, 2.45) is 0 Å². The Kier molecular flexibility index (Phi) is 3.38. The fourth-order valence-electron chi connectivity index (χ4n) is 1.60. The number of pyridine rings is 1. The molecular weight excluding hydrogens is 240 g/mol. The van der Waals surface area contributed by atoms with Crippen molar-refractivity contribution in [3.05, 3.63) is 41.9 Å². The number of rotatable bonds is 2. The van der Waals surface area contributed by atoms with Gasteiger partial charge < -0.3 is 5.32 Å². The number of anilines is 1. The molecule has 100 valence electrons. The Morgan fingerprint density at radius 2 is 2.11 bits per heavy atom. The van der Waals surface area contributed by atoms with E-state index in [0.717, 1.165) is 5.56 Å². The summed E-state index contributed by atoms with van der Waals surface area (Å²) >= 11 is 0. The van der Waals surface area contributed by atoms with Crippen LogP contribution in [-0.2, 0) is 5.54 Å². The van der Waals surface area contributed by atoms with E-state index in [1.54, 1.807) is 23.3 Å². The Balaban J connectivity index is 2.17. The maximum absolute atomic E-state index is 12.1. The highest BCUT2D eigenvalue weighted by Crippen LogP contribution is 2.15. The molecule has 0 radical (unpaired) electrons. The number of hydrogen-bond donors (Lipinski definition) is 1. The lowest BCUT2D eigenvalue weighted by Crippen LogP contribution is -2.22. The van der Waals surface area contributed by atoms with Gasteiger partial charge in [0.1, 0.15) is 5.82 Å². The molecule has 0 fully saturated rings. The average Bonchev–Trinajstić information content (AvgIpc) is 2.81. The van der Waals surface area contributed by atoms with Crippen molar-refractivity contribution in [1.29, 1.82) is 0 Å². The molecule has 19 heavy (non-hydrogen) atoms. The van der Waals surface area contributed by atoms with E-state index in [0.29, 0.717) is 11.4 Å². The molecule has 0 unspecified atom stereocenters. The minimum absolute atomic E-state index is 0.139. The largest absolute Gasteiger partial charge is 0.306 e. The first-order chi connectivity index (χ1) is 8.88. The Morgan fingerprint density at radius 1 is 1.37 bits per heavy atom. The minimum Gasteiger partial charge on any atom is -0.306 e. The molecule has 2 rings (SSSR count). The van der Waals surface area contributed by atoms with Crippen LogP contribution >= 0.6 is 0 Å². The van der Waals surface area contributed by atoms with E-state index in [4.69, 9.17) is 0 Å². The summed E-state index contributed by atoms with van der Waals surface area (Å²) in [5.41, 5.74) is 1.32. The van der Waals surface area contributed by atoms with Crippen molar-refractivity contribution >= 4 is 11.7 Å². The van der Waals surface area contributed by atoms with Gasteiger partial charge in [0.25, 0.3) is 5.91 Å². The molecule has 2 aromatic heterocycles. The second-order valence-corrected chi connectivity index (χ2v) is 5.47. The van der Waals surface area contributed by atoms with E-state index < -0.39 is 0 Å². The van der Waals surface area contributed by atoms with Crippen LogP contribution in [-0.4, -0.2) is 20.7 Å². The van der Waals surface area contributed by atoms with Gasteiger partial charge in [-0.05, 0) is 39.3 Å². The topological polar surface area (TPSA) is 59.8 Å². The molecule has 0 aromatic carbocycles. The molecule has 2 heterocycles. The number of aromatic nitrogens is 3. The molecule has 2 aromatic rings. The summed E-state index contributed by atoms with van der Waals surface area (Å²) in [5, 5.41) is 7.00. The first-order valence-corrected chi connectivity index (χ1v) is 6.16. The van der Waals surface area contributed by atoms with Gasteiger partial charge in [0, 0.05) is 12.4 Å².